The molecule has 2 heterocycles. The van der Waals surface area contributed by atoms with Crippen molar-refractivity contribution in [2.45, 2.75) is 61.4 Å². The van der Waals surface area contributed by atoms with Crippen LogP contribution in [0.2, 0.25) is 0 Å². The minimum absolute atomic E-state index is 0.185. The molecule has 0 aromatic heterocycles. The van der Waals surface area contributed by atoms with Gasteiger partial charge in [0.05, 0.1) is 19.8 Å². The number of hydrogen-bond donors (Lipinski definition) is 7. The fourth-order valence-corrected chi connectivity index (χ4v) is 3.04. The molecule has 0 saturated carbocycles. The quantitative estimate of drug-likeness (QED) is 0.189. The molecule has 154 valence electrons. The monoisotopic (exact) mass is 448 g/mol. The maximum Gasteiger partial charge on any atom is 0.187 e. The molecule has 7 N–H and O–H groups in total. The molecule has 0 bridgehead atoms. The second-order valence-electron chi connectivity index (χ2n) is 6.06. The highest BCUT2D eigenvalue weighted by atomic mass is 79.9. The largest absolute Gasteiger partial charge is 0.394 e. The molecule has 0 amide bonds. The van der Waals surface area contributed by atoms with Crippen LogP contribution >= 0.6 is 15.9 Å². The Bertz CT molecular complexity index is 426. The van der Waals surface area contributed by atoms with Crippen LogP contribution in [0.3, 0.4) is 0 Å². The Kier molecular flexibility index (Phi) is 8.59. The predicted octanol–water partition coefficient (Wildman–Crippen LogP) is -3.98. The van der Waals surface area contributed by atoms with Gasteiger partial charge in [0.15, 0.2) is 12.6 Å². The summed E-state index contributed by atoms with van der Waals surface area (Å²) in [6, 6.07) is 0. The molecule has 2 fully saturated rings. The minimum atomic E-state index is -1.70. The number of alkyl halides is 1. The highest BCUT2D eigenvalue weighted by Crippen LogP contribution is 2.29. The van der Waals surface area contributed by atoms with Crippen molar-refractivity contribution in [1.82, 2.24) is 0 Å². The summed E-state index contributed by atoms with van der Waals surface area (Å²) < 4.78 is 21.2. The van der Waals surface area contributed by atoms with Gasteiger partial charge in [-0.2, -0.15) is 0 Å². The standard InChI is InChI=1S/C14H25BrO11/c15-1-2-23-13-11(22)9(20)12(6(4-17)25-13)26-14-10(21)8(19)7(18)5(3-16)24-14/h5-14,16-22H,1-4H2. The average Bonchev–Trinajstić information content (AvgIpc) is 2.64. The summed E-state index contributed by atoms with van der Waals surface area (Å²) in [6.07, 6.45) is -14.4. The molecule has 12 heteroatoms. The maximum absolute atomic E-state index is 10.3. The van der Waals surface area contributed by atoms with Crippen LogP contribution in [0.1, 0.15) is 0 Å². The lowest BCUT2D eigenvalue weighted by atomic mass is 9.97. The van der Waals surface area contributed by atoms with Crippen molar-refractivity contribution >= 4 is 15.9 Å². The first-order valence-electron chi connectivity index (χ1n) is 8.11. The lowest BCUT2D eigenvalue weighted by Crippen LogP contribution is -2.64. The summed E-state index contributed by atoms with van der Waals surface area (Å²) in [4.78, 5) is 0. The van der Waals surface area contributed by atoms with Crippen molar-refractivity contribution in [1.29, 1.82) is 0 Å². The van der Waals surface area contributed by atoms with Crippen molar-refractivity contribution in [3.8, 4) is 0 Å². The van der Waals surface area contributed by atoms with Gasteiger partial charge < -0.3 is 54.7 Å². The van der Waals surface area contributed by atoms with Gasteiger partial charge in [-0.05, 0) is 0 Å². The lowest BCUT2D eigenvalue weighted by molar-refractivity contribution is -0.359. The Balaban J connectivity index is 2.09. The molecule has 2 aliphatic rings. The second kappa shape index (κ2) is 10.0. The van der Waals surface area contributed by atoms with Crippen molar-refractivity contribution in [3.05, 3.63) is 0 Å². The summed E-state index contributed by atoms with van der Waals surface area (Å²) in [7, 11) is 0. The third-order valence-electron chi connectivity index (χ3n) is 4.32. The number of aliphatic hydroxyl groups excluding tert-OH is 7. The first kappa shape index (κ1) is 22.3. The van der Waals surface area contributed by atoms with E-state index in [1.807, 2.05) is 0 Å². The van der Waals surface area contributed by atoms with Gasteiger partial charge in [0, 0.05) is 5.33 Å². The van der Waals surface area contributed by atoms with Crippen LogP contribution < -0.4 is 0 Å². The van der Waals surface area contributed by atoms with Crippen LogP contribution in [-0.4, -0.2) is 122 Å². The summed E-state index contributed by atoms with van der Waals surface area (Å²) in [6.45, 7) is -1.06. The highest BCUT2D eigenvalue weighted by Gasteiger charge is 2.50. The molecule has 2 aliphatic heterocycles. The Morgan fingerprint density at radius 3 is 1.88 bits per heavy atom. The van der Waals surface area contributed by atoms with Crippen LogP contribution in [0.5, 0.6) is 0 Å². The molecule has 10 atom stereocenters. The van der Waals surface area contributed by atoms with E-state index in [4.69, 9.17) is 18.9 Å². The zero-order chi connectivity index (χ0) is 19.4. The van der Waals surface area contributed by atoms with Gasteiger partial charge in [0.2, 0.25) is 0 Å². The molecule has 2 saturated heterocycles. The smallest absolute Gasteiger partial charge is 0.187 e. The number of halogens is 1. The second-order valence-corrected chi connectivity index (χ2v) is 6.86. The SMILES string of the molecule is OCC1OC(OC2C(CO)OC(OCCBr)C(O)C2O)C(O)C(O)C1O. The third kappa shape index (κ3) is 4.71. The van der Waals surface area contributed by atoms with Gasteiger partial charge in [0.1, 0.15) is 48.8 Å². The van der Waals surface area contributed by atoms with Crippen LogP contribution in [0.4, 0.5) is 0 Å². The molecule has 0 spiro atoms. The average molecular weight is 449 g/mol. The van der Waals surface area contributed by atoms with E-state index in [1.165, 1.54) is 0 Å². The fraction of sp³-hybridized carbons (Fsp3) is 1.00. The normalized spacial score (nSPS) is 47.1. The van der Waals surface area contributed by atoms with E-state index < -0.39 is 74.6 Å². The Labute approximate surface area is 157 Å². The Morgan fingerprint density at radius 2 is 1.31 bits per heavy atom. The molecule has 2 rings (SSSR count). The zero-order valence-electron chi connectivity index (χ0n) is 13.7. The first-order chi connectivity index (χ1) is 12.3. The minimum Gasteiger partial charge on any atom is -0.394 e. The van der Waals surface area contributed by atoms with Crippen molar-refractivity contribution in [2.75, 3.05) is 25.2 Å². The van der Waals surface area contributed by atoms with Crippen molar-refractivity contribution < 1.29 is 54.7 Å². The van der Waals surface area contributed by atoms with Crippen molar-refractivity contribution in [3.63, 3.8) is 0 Å². The lowest BCUT2D eigenvalue weighted by Gasteiger charge is -2.45. The van der Waals surface area contributed by atoms with Gasteiger partial charge in [-0.15, -0.1) is 0 Å². The molecular formula is C14H25BrO11. The molecule has 10 unspecified atom stereocenters. The third-order valence-corrected chi connectivity index (χ3v) is 4.64. The van der Waals surface area contributed by atoms with Crippen molar-refractivity contribution in [2.24, 2.45) is 0 Å². The van der Waals surface area contributed by atoms with Crippen LogP contribution in [0.15, 0.2) is 0 Å². The summed E-state index contributed by atoms with van der Waals surface area (Å²) in [5.41, 5.74) is 0. The van der Waals surface area contributed by atoms with E-state index >= 15 is 0 Å². The van der Waals surface area contributed by atoms with Crippen LogP contribution in [-0.2, 0) is 18.9 Å². The molecular weight excluding hydrogens is 424 g/mol. The van der Waals surface area contributed by atoms with E-state index in [-0.39, 0.29) is 6.61 Å². The predicted molar refractivity (Wildman–Crippen MR) is 86.1 cm³/mol. The molecule has 0 aromatic rings. The van der Waals surface area contributed by atoms with Gasteiger partial charge in [-0.1, -0.05) is 15.9 Å². The molecule has 0 aromatic carbocycles. The van der Waals surface area contributed by atoms with Gasteiger partial charge in [0.25, 0.3) is 0 Å². The number of hydrogen-bond acceptors (Lipinski definition) is 11. The van der Waals surface area contributed by atoms with E-state index in [9.17, 15) is 35.7 Å². The number of aliphatic hydroxyl groups is 7. The molecule has 26 heavy (non-hydrogen) atoms. The molecule has 11 nitrogen and oxygen atoms in total. The fourth-order valence-electron chi connectivity index (χ4n) is 2.85. The van der Waals surface area contributed by atoms with E-state index in [2.05, 4.69) is 15.9 Å². The molecule has 0 radical (unpaired) electrons. The summed E-state index contributed by atoms with van der Waals surface area (Å²) in [5.74, 6) is 0. The first-order valence-corrected chi connectivity index (χ1v) is 9.23. The van der Waals surface area contributed by atoms with E-state index in [1.54, 1.807) is 0 Å². The highest BCUT2D eigenvalue weighted by molar-refractivity contribution is 9.09. The van der Waals surface area contributed by atoms with E-state index in [0.29, 0.717) is 5.33 Å². The topological polar surface area (TPSA) is 179 Å². The number of rotatable bonds is 7. The van der Waals surface area contributed by atoms with Gasteiger partial charge in [-0.25, -0.2) is 0 Å². The number of ether oxygens (including phenoxy) is 4. The van der Waals surface area contributed by atoms with Gasteiger partial charge >= 0.3 is 0 Å². The summed E-state index contributed by atoms with van der Waals surface area (Å²) in [5, 5.41) is 69.2. The van der Waals surface area contributed by atoms with Gasteiger partial charge in [-0.3, -0.25) is 0 Å². The van der Waals surface area contributed by atoms with Crippen LogP contribution in [0.25, 0.3) is 0 Å². The molecule has 0 aliphatic carbocycles. The Morgan fingerprint density at radius 1 is 0.731 bits per heavy atom. The zero-order valence-corrected chi connectivity index (χ0v) is 15.3. The van der Waals surface area contributed by atoms with E-state index in [0.717, 1.165) is 0 Å². The maximum atomic E-state index is 10.3. The van der Waals surface area contributed by atoms with Crippen LogP contribution in [0, 0.1) is 0 Å². The summed E-state index contributed by atoms with van der Waals surface area (Å²) >= 11 is 3.14. The Hall–Kier alpha value is 0.0400.